The van der Waals surface area contributed by atoms with Gasteiger partial charge in [0.2, 0.25) is 0 Å². The number of amides is 1. The third kappa shape index (κ3) is 4.93. The molecule has 0 aliphatic heterocycles. The summed E-state index contributed by atoms with van der Waals surface area (Å²) in [6.07, 6.45) is -1.31. The molecule has 0 radical (unpaired) electrons. The van der Waals surface area contributed by atoms with Gasteiger partial charge in [-0.15, -0.1) is 0 Å². The number of H-pyrrole nitrogens is 1. The molecule has 3 N–H and O–H groups in total. The third-order valence-electron chi connectivity index (χ3n) is 3.15. The van der Waals surface area contributed by atoms with Crippen LogP contribution >= 0.6 is 0 Å². The molecule has 1 aromatic heterocycles. The molecule has 23 heavy (non-hydrogen) atoms. The van der Waals surface area contributed by atoms with Gasteiger partial charge >= 0.3 is 0 Å². The average molecular weight is 317 g/mol. The van der Waals surface area contributed by atoms with Crippen LogP contribution in [-0.4, -0.2) is 33.7 Å². The van der Waals surface area contributed by atoms with Crippen molar-refractivity contribution in [3.05, 3.63) is 57.8 Å². The molecule has 0 saturated carbocycles. The maximum absolute atomic E-state index is 11.8. The first-order valence-electron chi connectivity index (χ1n) is 7.17. The van der Waals surface area contributed by atoms with Gasteiger partial charge in [-0.1, -0.05) is 18.2 Å². The van der Waals surface area contributed by atoms with E-state index in [1.165, 1.54) is 6.07 Å². The van der Waals surface area contributed by atoms with Crippen LogP contribution in [0.3, 0.4) is 0 Å². The van der Waals surface area contributed by atoms with Crippen LogP contribution in [0.1, 0.15) is 17.1 Å². The second kappa shape index (κ2) is 7.55. The van der Waals surface area contributed by atoms with E-state index in [-0.39, 0.29) is 18.7 Å². The Bertz CT molecular complexity index is 742. The number of benzene rings is 1. The molecule has 122 valence electrons. The zero-order valence-corrected chi connectivity index (χ0v) is 13.0. The summed E-state index contributed by atoms with van der Waals surface area (Å²) in [6.45, 7) is 3.43. The Kier molecular flexibility index (Phi) is 5.48. The number of aliphatic hydroxyl groups excluding tert-OH is 1. The summed E-state index contributed by atoms with van der Waals surface area (Å²) in [7, 11) is 0. The fourth-order valence-corrected chi connectivity index (χ4v) is 1.99. The van der Waals surface area contributed by atoms with Crippen LogP contribution in [0.4, 0.5) is 0 Å². The number of aliphatic hydroxyl groups is 1. The summed E-state index contributed by atoms with van der Waals surface area (Å²) in [6, 6.07) is 8.63. The zero-order valence-electron chi connectivity index (χ0n) is 13.0. The molecule has 7 nitrogen and oxygen atoms in total. The monoisotopic (exact) mass is 317 g/mol. The molecule has 0 fully saturated rings. The normalized spacial score (nSPS) is 11.8. The van der Waals surface area contributed by atoms with E-state index in [4.69, 9.17) is 4.74 Å². The number of aromatic amines is 1. The van der Waals surface area contributed by atoms with E-state index in [1.807, 2.05) is 25.1 Å². The van der Waals surface area contributed by atoms with E-state index < -0.39 is 12.0 Å². The van der Waals surface area contributed by atoms with Gasteiger partial charge in [0.1, 0.15) is 18.2 Å². The average Bonchev–Trinajstić information content (AvgIpc) is 2.50. The number of aromatic nitrogens is 2. The second-order valence-electron chi connectivity index (χ2n) is 5.13. The maximum Gasteiger partial charge on any atom is 0.252 e. The minimum absolute atomic E-state index is 0.0605. The number of hydrogen-bond donors (Lipinski definition) is 3. The van der Waals surface area contributed by atoms with Crippen molar-refractivity contribution in [2.24, 2.45) is 0 Å². The van der Waals surface area contributed by atoms with E-state index in [9.17, 15) is 14.7 Å². The van der Waals surface area contributed by atoms with E-state index in [0.717, 1.165) is 5.56 Å². The Morgan fingerprint density at radius 3 is 2.83 bits per heavy atom. The molecular weight excluding hydrogens is 298 g/mol. The zero-order chi connectivity index (χ0) is 16.8. The highest BCUT2D eigenvalue weighted by Gasteiger charge is 2.16. The van der Waals surface area contributed by atoms with E-state index >= 15 is 0 Å². The summed E-state index contributed by atoms with van der Waals surface area (Å²) in [5, 5.41) is 12.4. The predicted octanol–water partition coefficient (Wildman–Crippen LogP) is 0.443. The van der Waals surface area contributed by atoms with Gasteiger partial charge < -0.3 is 20.1 Å². The van der Waals surface area contributed by atoms with Crippen molar-refractivity contribution in [1.82, 2.24) is 15.3 Å². The molecule has 1 aromatic carbocycles. The first kappa shape index (κ1) is 16.7. The molecule has 1 atom stereocenters. The van der Waals surface area contributed by atoms with Crippen molar-refractivity contribution in [2.45, 2.75) is 26.5 Å². The molecule has 2 aromatic rings. The van der Waals surface area contributed by atoms with Gasteiger partial charge in [-0.3, -0.25) is 9.59 Å². The van der Waals surface area contributed by atoms with Gasteiger partial charge in [0.25, 0.3) is 11.5 Å². The molecule has 0 saturated heterocycles. The van der Waals surface area contributed by atoms with Crippen LogP contribution < -0.4 is 15.6 Å². The highest BCUT2D eigenvalue weighted by atomic mass is 16.5. The smallest absolute Gasteiger partial charge is 0.252 e. The van der Waals surface area contributed by atoms with Gasteiger partial charge in [-0.25, -0.2) is 4.98 Å². The van der Waals surface area contributed by atoms with E-state index in [2.05, 4.69) is 15.3 Å². The standard InChI is InChI=1S/C16H19N3O4/c1-10-5-3-4-6-14(10)23-9-13(20)16(22)17-8-12-7-15(21)19-11(2)18-12/h3-7,13,20H,8-9H2,1-2H3,(H,17,22)(H,18,19,21). The summed E-state index contributed by atoms with van der Waals surface area (Å²) < 4.78 is 5.43. The number of nitrogens with zero attached hydrogens (tertiary/aromatic N) is 1. The van der Waals surface area contributed by atoms with Crippen molar-refractivity contribution in [3.63, 3.8) is 0 Å². The van der Waals surface area contributed by atoms with Gasteiger partial charge in [-0.05, 0) is 25.5 Å². The number of para-hydroxylation sites is 1. The number of hydrogen-bond acceptors (Lipinski definition) is 5. The second-order valence-corrected chi connectivity index (χ2v) is 5.13. The molecule has 0 aliphatic rings. The van der Waals surface area contributed by atoms with Crippen molar-refractivity contribution >= 4 is 5.91 Å². The lowest BCUT2D eigenvalue weighted by Gasteiger charge is -2.13. The fraction of sp³-hybridized carbons (Fsp3) is 0.312. The number of aryl methyl sites for hydroxylation is 2. The molecule has 0 spiro atoms. The Morgan fingerprint density at radius 1 is 1.39 bits per heavy atom. The van der Waals surface area contributed by atoms with Crippen molar-refractivity contribution in [1.29, 1.82) is 0 Å². The Labute approximate surface area is 133 Å². The topological polar surface area (TPSA) is 104 Å². The lowest BCUT2D eigenvalue weighted by molar-refractivity contribution is -0.130. The Morgan fingerprint density at radius 2 is 2.13 bits per heavy atom. The fourth-order valence-electron chi connectivity index (χ4n) is 1.99. The minimum atomic E-state index is -1.31. The summed E-state index contributed by atoms with van der Waals surface area (Å²) in [4.78, 5) is 29.7. The SMILES string of the molecule is Cc1nc(CNC(=O)C(O)COc2ccccc2C)cc(=O)[nH]1. The van der Waals surface area contributed by atoms with Gasteiger partial charge in [-0.2, -0.15) is 0 Å². The number of carbonyl (C=O) groups is 1. The lowest BCUT2D eigenvalue weighted by atomic mass is 10.2. The molecule has 7 heteroatoms. The predicted molar refractivity (Wildman–Crippen MR) is 84.1 cm³/mol. The van der Waals surface area contributed by atoms with Crippen molar-refractivity contribution in [3.8, 4) is 5.75 Å². The number of rotatable bonds is 6. The minimum Gasteiger partial charge on any atom is -0.490 e. The highest BCUT2D eigenvalue weighted by Crippen LogP contribution is 2.16. The largest absolute Gasteiger partial charge is 0.490 e. The van der Waals surface area contributed by atoms with Crippen molar-refractivity contribution < 1.29 is 14.6 Å². The molecule has 2 rings (SSSR count). The van der Waals surface area contributed by atoms with E-state index in [0.29, 0.717) is 17.3 Å². The van der Waals surface area contributed by atoms with Crippen LogP contribution in [-0.2, 0) is 11.3 Å². The number of ether oxygens (including phenoxy) is 1. The molecule has 1 unspecified atom stereocenters. The lowest BCUT2D eigenvalue weighted by Crippen LogP contribution is -2.38. The van der Waals surface area contributed by atoms with Crippen LogP contribution in [0.15, 0.2) is 35.1 Å². The van der Waals surface area contributed by atoms with Crippen LogP contribution in [0.5, 0.6) is 5.75 Å². The van der Waals surface area contributed by atoms with E-state index in [1.54, 1.807) is 13.0 Å². The third-order valence-corrected chi connectivity index (χ3v) is 3.15. The summed E-state index contributed by atoms with van der Waals surface area (Å²) in [5.74, 6) is 0.495. The molecule has 1 heterocycles. The summed E-state index contributed by atoms with van der Waals surface area (Å²) >= 11 is 0. The van der Waals surface area contributed by atoms with Crippen LogP contribution in [0.25, 0.3) is 0 Å². The first-order valence-corrected chi connectivity index (χ1v) is 7.17. The quantitative estimate of drug-likeness (QED) is 0.717. The van der Waals surface area contributed by atoms with Crippen LogP contribution in [0.2, 0.25) is 0 Å². The maximum atomic E-state index is 11.8. The highest BCUT2D eigenvalue weighted by molar-refractivity contribution is 5.80. The number of nitrogens with one attached hydrogen (secondary N) is 2. The van der Waals surface area contributed by atoms with Gasteiger partial charge in [0.15, 0.2) is 6.10 Å². The number of carbonyl (C=O) groups excluding carboxylic acids is 1. The molecule has 1 amide bonds. The molecular formula is C16H19N3O4. The van der Waals surface area contributed by atoms with Gasteiger partial charge in [0, 0.05) is 6.07 Å². The molecule has 0 bridgehead atoms. The Hall–Kier alpha value is -2.67. The first-order chi connectivity index (χ1) is 11.0. The van der Waals surface area contributed by atoms with Crippen molar-refractivity contribution in [2.75, 3.05) is 6.61 Å². The molecule has 0 aliphatic carbocycles. The summed E-state index contributed by atoms with van der Waals surface area (Å²) in [5.41, 5.74) is 1.06. The van der Waals surface area contributed by atoms with Gasteiger partial charge in [0.05, 0.1) is 12.2 Å². The van der Waals surface area contributed by atoms with Crippen LogP contribution in [0, 0.1) is 13.8 Å². The Balaban J connectivity index is 1.85.